The Morgan fingerprint density at radius 1 is 1.18 bits per heavy atom. The number of aliphatic hydroxyl groups excluding tert-OH is 1. The van der Waals surface area contributed by atoms with Gasteiger partial charge in [0.15, 0.2) is 0 Å². The van der Waals surface area contributed by atoms with Crippen LogP contribution in [0.1, 0.15) is 25.3 Å². The van der Waals surface area contributed by atoms with Crippen LogP contribution in [0.5, 0.6) is 5.75 Å². The molecule has 0 radical (unpaired) electrons. The summed E-state index contributed by atoms with van der Waals surface area (Å²) in [6, 6.07) is 16.0. The third kappa shape index (κ3) is 4.54. The molecule has 2 aromatic rings. The van der Waals surface area contributed by atoms with Crippen molar-refractivity contribution < 1.29 is 19.4 Å². The molecule has 0 aromatic heterocycles. The molecule has 2 aromatic carbocycles. The van der Waals surface area contributed by atoms with Gasteiger partial charge in [0, 0.05) is 24.8 Å². The predicted octanol–water partition coefficient (Wildman–Crippen LogP) is 3.20. The van der Waals surface area contributed by atoms with Gasteiger partial charge in [0.2, 0.25) is 5.91 Å². The van der Waals surface area contributed by atoms with E-state index in [1.807, 2.05) is 31.2 Å². The summed E-state index contributed by atoms with van der Waals surface area (Å²) in [6.07, 6.45) is 2.03. The minimum Gasteiger partial charge on any atom is -0.496 e. The normalized spacial score (nSPS) is 17.0. The van der Waals surface area contributed by atoms with E-state index < -0.39 is 5.41 Å². The lowest BCUT2D eigenvalue weighted by Gasteiger charge is -2.36. The number of aliphatic hydroxyl groups is 1. The Labute approximate surface area is 166 Å². The third-order valence-electron chi connectivity index (χ3n) is 5.50. The molecule has 5 heteroatoms. The van der Waals surface area contributed by atoms with Crippen LogP contribution < -0.4 is 10.1 Å². The molecule has 1 amide bonds. The van der Waals surface area contributed by atoms with Gasteiger partial charge in [-0.15, -0.1) is 0 Å². The number of hydrogen-bond donors (Lipinski definition) is 2. The number of methoxy groups -OCH3 is 1. The zero-order valence-corrected chi connectivity index (χ0v) is 16.6. The number of para-hydroxylation sites is 1. The molecule has 150 valence electrons. The average Bonchev–Trinajstić information content (AvgIpc) is 2.74. The average molecular weight is 383 g/mol. The van der Waals surface area contributed by atoms with Crippen LogP contribution in [0.4, 0.5) is 0 Å². The first-order valence-electron chi connectivity index (χ1n) is 9.80. The van der Waals surface area contributed by atoms with Crippen molar-refractivity contribution in [2.45, 2.75) is 32.2 Å². The Balaban J connectivity index is 1.80. The molecule has 1 aliphatic heterocycles. The van der Waals surface area contributed by atoms with Crippen LogP contribution in [0.3, 0.4) is 0 Å². The lowest BCUT2D eigenvalue weighted by atomic mass is 9.74. The van der Waals surface area contributed by atoms with Gasteiger partial charge >= 0.3 is 0 Å². The van der Waals surface area contributed by atoms with Crippen molar-refractivity contribution in [1.29, 1.82) is 0 Å². The molecule has 1 unspecified atom stereocenters. The SMILES string of the molecule is COc1ccccc1-c1ccc(CC2(C(=O)NC(C)CO)CCOCC2)cc1. The second-order valence-electron chi connectivity index (χ2n) is 7.52. The molecule has 1 heterocycles. The summed E-state index contributed by atoms with van der Waals surface area (Å²) in [4.78, 5) is 13.0. The number of rotatable bonds is 7. The van der Waals surface area contributed by atoms with E-state index in [1.54, 1.807) is 7.11 Å². The second kappa shape index (κ2) is 9.22. The number of amides is 1. The number of ether oxygens (including phenoxy) is 2. The third-order valence-corrected chi connectivity index (χ3v) is 5.50. The van der Waals surface area contributed by atoms with Gasteiger partial charge in [-0.2, -0.15) is 0 Å². The maximum Gasteiger partial charge on any atom is 0.227 e. The Morgan fingerprint density at radius 2 is 1.86 bits per heavy atom. The van der Waals surface area contributed by atoms with Crippen molar-refractivity contribution in [1.82, 2.24) is 5.32 Å². The molecule has 1 fully saturated rings. The van der Waals surface area contributed by atoms with Gasteiger partial charge in [-0.3, -0.25) is 4.79 Å². The number of benzene rings is 2. The smallest absolute Gasteiger partial charge is 0.227 e. The van der Waals surface area contributed by atoms with Crippen molar-refractivity contribution >= 4 is 5.91 Å². The van der Waals surface area contributed by atoms with E-state index >= 15 is 0 Å². The molecule has 0 aliphatic carbocycles. The Hall–Kier alpha value is -2.37. The fourth-order valence-corrected chi connectivity index (χ4v) is 3.74. The van der Waals surface area contributed by atoms with Crippen LogP contribution in [-0.4, -0.2) is 44.0 Å². The number of carbonyl (C=O) groups is 1. The van der Waals surface area contributed by atoms with Gasteiger partial charge in [-0.05, 0) is 43.4 Å². The molecule has 5 nitrogen and oxygen atoms in total. The standard InChI is InChI=1S/C23H29NO4/c1-17(16-25)24-22(26)23(11-13-28-14-12-23)15-18-7-9-19(10-8-18)20-5-3-4-6-21(20)27-2/h3-10,17,25H,11-16H2,1-2H3,(H,24,26). The molecular formula is C23H29NO4. The number of nitrogens with one attached hydrogen (secondary N) is 1. The highest BCUT2D eigenvalue weighted by Gasteiger charge is 2.40. The van der Waals surface area contributed by atoms with Gasteiger partial charge in [0.1, 0.15) is 5.75 Å². The van der Waals surface area contributed by atoms with Gasteiger partial charge in [-0.25, -0.2) is 0 Å². The molecule has 0 bridgehead atoms. The highest BCUT2D eigenvalue weighted by molar-refractivity contribution is 5.83. The molecule has 28 heavy (non-hydrogen) atoms. The minimum absolute atomic E-state index is 0.00570. The van der Waals surface area contributed by atoms with Crippen LogP contribution in [0.2, 0.25) is 0 Å². The summed E-state index contributed by atoms with van der Waals surface area (Å²) in [6.45, 7) is 2.92. The first-order chi connectivity index (χ1) is 13.6. The van der Waals surface area contributed by atoms with E-state index in [4.69, 9.17) is 9.47 Å². The summed E-state index contributed by atoms with van der Waals surface area (Å²) in [5, 5.41) is 12.2. The maximum atomic E-state index is 13.0. The van der Waals surface area contributed by atoms with Gasteiger partial charge in [-0.1, -0.05) is 42.5 Å². The molecular weight excluding hydrogens is 354 g/mol. The van der Waals surface area contributed by atoms with E-state index in [1.165, 1.54) is 0 Å². The van der Waals surface area contributed by atoms with Crippen molar-refractivity contribution in [2.75, 3.05) is 26.9 Å². The van der Waals surface area contributed by atoms with Crippen LogP contribution in [0, 0.1) is 5.41 Å². The summed E-state index contributed by atoms with van der Waals surface area (Å²) in [5.41, 5.74) is 2.76. The maximum absolute atomic E-state index is 13.0. The summed E-state index contributed by atoms with van der Waals surface area (Å²) in [7, 11) is 1.67. The predicted molar refractivity (Wildman–Crippen MR) is 109 cm³/mol. The largest absolute Gasteiger partial charge is 0.496 e. The zero-order valence-electron chi connectivity index (χ0n) is 16.6. The monoisotopic (exact) mass is 383 g/mol. The Morgan fingerprint density at radius 3 is 2.50 bits per heavy atom. The molecule has 1 saturated heterocycles. The summed E-state index contributed by atoms with van der Waals surface area (Å²) < 4.78 is 11.0. The van der Waals surface area contributed by atoms with Crippen molar-refractivity contribution in [3.05, 3.63) is 54.1 Å². The summed E-state index contributed by atoms with van der Waals surface area (Å²) in [5.74, 6) is 0.847. The van der Waals surface area contributed by atoms with E-state index in [2.05, 4.69) is 29.6 Å². The minimum atomic E-state index is -0.492. The van der Waals surface area contributed by atoms with Gasteiger partial charge < -0.3 is 19.9 Å². The second-order valence-corrected chi connectivity index (χ2v) is 7.52. The molecule has 0 spiro atoms. The van der Waals surface area contributed by atoms with E-state index in [0.29, 0.717) is 32.5 Å². The van der Waals surface area contributed by atoms with Crippen molar-refractivity contribution in [2.24, 2.45) is 5.41 Å². The number of hydrogen-bond acceptors (Lipinski definition) is 4. The first kappa shape index (κ1) is 20.4. The van der Waals surface area contributed by atoms with E-state index in [0.717, 1.165) is 22.4 Å². The highest BCUT2D eigenvalue weighted by Crippen LogP contribution is 2.36. The van der Waals surface area contributed by atoms with Gasteiger partial charge in [0.05, 0.1) is 19.1 Å². The summed E-state index contributed by atoms with van der Waals surface area (Å²) >= 11 is 0. The highest BCUT2D eigenvalue weighted by atomic mass is 16.5. The van der Waals surface area contributed by atoms with Crippen LogP contribution in [-0.2, 0) is 16.0 Å². The molecule has 2 N–H and O–H groups in total. The van der Waals surface area contributed by atoms with Crippen molar-refractivity contribution in [3.63, 3.8) is 0 Å². The van der Waals surface area contributed by atoms with Crippen molar-refractivity contribution in [3.8, 4) is 16.9 Å². The fraction of sp³-hybridized carbons (Fsp3) is 0.435. The Kier molecular flexibility index (Phi) is 6.70. The quantitative estimate of drug-likeness (QED) is 0.771. The Bertz CT molecular complexity index is 781. The molecule has 1 atom stereocenters. The molecule has 0 saturated carbocycles. The van der Waals surface area contributed by atoms with Crippen LogP contribution >= 0.6 is 0 Å². The topological polar surface area (TPSA) is 67.8 Å². The van der Waals surface area contributed by atoms with Crippen LogP contribution in [0.25, 0.3) is 11.1 Å². The number of carbonyl (C=O) groups excluding carboxylic acids is 1. The van der Waals surface area contributed by atoms with Crippen LogP contribution in [0.15, 0.2) is 48.5 Å². The first-order valence-corrected chi connectivity index (χ1v) is 9.80. The lowest BCUT2D eigenvalue weighted by molar-refractivity contribution is -0.137. The molecule has 1 aliphatic rings. The molecule has 3 rings (SSSR count). The van der Waals surface area contributed by atoms with E-state index in [-0.39, 0.29) is 18.6 Å². The zero-order chi connectivity index (χ0) is 20.0. The fourth-order valence-electron chi connectivity index (χ4n) is 3.74. The van der Waals surface area contributed by atoms with Gasteiger partial charge in [0.25, 0.3) is 0 Å². The van der Waals surface area contributed by atoms with E-state index in [9.17, 15) is 9.90 Å². The lowest BCUT2D eigenvalue weighted by Crippen LogP contribution is -2.49.